The lowest BCUT2D eigenvalue weighted by molar-refractivity contribution is -0.522. The van der Waals surface area contributed by atoms with Crippen LogP contribution < -0.4 is 0 Å². The van der Waals surface area contributed by atoms with Gasteiger partial charge in [-0.1, -0.05) is 32.4 Å². The Morgan fingerprint density at radius 2 is 1.92 bits per heavy atom. The van der Waals surface area contributed by atoms with Gasteiger partial charge in [-0.3, -0.25) is 0 Å². The molecule has 2 aliphatic heterocycles. The van der Waals surface area contributed by atoms with E-state index < -0.39 is 0 Å². The Hall–Kier alpha value is -0.660. The summed E-state index contributed by atoms with van der Waals surface area (Å²) < 4.78 is 2.12. The van der Waals surface area contributed by atoms with Crippen molar-refractivity contribution in [3.05, 3.63) is 0 Å². The van der Waals surface area contributed by atoms with E-state index in [0.717, 1.165) is 13.0 Å². The van der Waals surface area contributed by atoms with Crippen molar-refractivity contribution < 1.29 is 4.68 Å². The fourth-order valence-corrected chi connectivity index (χ4v) is 1.31. The van der Waals surface area contributed by atoms with E-state index in [9.17, 15) is 0 Å². The van der Waals surface area contributed by atoms with Gasteiger partial charge in [0.05, 0.1) is 12.6 Å². The minimum atomic E-state index is 1.11. The zero-order chi connectivity index (χ0) is 9.40. The summed E-state index contributed by atoms with van der Waals surface area (Å²) in [6.45, 7) is 9.16. The third kappa shape index (κ3) is 2.76. The summed E-state index contributed by atoms with van der Waals surface area (Å²) in [4.78, 5) is 0. The molecule has 0 saturated heterocycles. The second kappa shape index (κ2) is 7.01. The van der Waals surface area contributed by atoms with Crippen LogP contribution in [0.4, 0.5) is 0 Å². The molecule has 2 heteroatoms. The maximum atomic E-state index is 4.17. The molecule has 2 heterocycles. The number of hydrogen-bond acceptors (Lipinski definition) is 1. The van der Waals surface area contributed by atoms with Gasteiger partial charge in [-0.15, -0.1) is 0 Å². The Labute approximate surface area is 76.0 Å². The maximum absolute atomic E-state index is 4.17. The topological polar surface area (TPSA) is 15.4 Å². The summed E-state index contributed by atoms with van der Waals surface area (Å²) in [5.74, 6) is 0. The molecule has 0 aromatic heterocycles. The van der Waals surface area contributed by atoms with Gasteiger partial charge in [-0.25, -0.2) is 0 Å². The van der Waals surface area contributed by atoms with E-state index in [4.69, 9.17) is 0 Å². The standard InChI is InChI=1S/C6H9N2.2C2H6/c1-2-6-3-4-7-8(6)5-1;2*1-2/h4H,1-3,5H2;2*1-2H3/q+1;;. The largest absolute Gasteiger partial charge is 0.190 e. The van der Waals surface area contributed by atoms with E-state index in [1.807, 2.05) is 33.9 Å². The lowest BCUT2D eigenvalue weighted by atomic mass is 10.2. The van der Waals surface area contributed by atoms with Crippen molar-refractivity contribution in [2.24, 2.45) is 5.10 Å². The van der Waals surface area contributed by atoms with E-state index in [-0.39, 0.29) is 0 Å². The molecule has 12 heavy (non-hydrogen) atoms. The van der Waals surface area contributed by atoms with E-state index in [0.29, 0.717) is 0 Å². The van der Waals surface area contributed by atoms with Crippen molar-refractivity contribution in [2.45, 2.75) is 47.0 Å². The molecule has 0 amide bonds. The molecule has 0 atom stereocenters. The molecular weight excluding hydrogens is 148 g/mol. The van der Waals surface area contributed by atoms with Crippen LogP contribution in [0.2, 0.25) is 0 Å². The van der Waals surface area contributed by atoms with Crippen LogP contribution in [0.1, 0.15) is 47.0 Å². The lowest BCUT2D eigenvalue weighted by Crippen LogP contribution is -2.00. The summed E-state index contributed by atoms with van der Waals surface area (Å²) >= 11 is 0. The Morgan fingerprint density at radius 1 is 1.25 bits per heavy atom. The van der Waals surface area contributed by atoms with Crippen LogP contribution in [0.15, 0.2) is 5.10 Å². The zero-order valence-corrected chi connectivity index (χ0v) is 8.80. The minimum Gasteiger partial charge on any atom is -0.0924 e. The van der Waals surface area contributed by atoms with Crippen LogP contribution in [0.5, 0.6) is 0 Å². The molecule has 2 aliphatic rings. The van der Waals surface area contributed by atoms with Gasteiger partial charge in [0, 0.05) is 12.8 Å². The average Bonchev–Trinajstić information content (AvgIpc) is 2.72. The molecule has 0 aromatic rings. The Kier molecular flexibility index (Phi) is 6.63. The summed E-state index contributed by atoms with van der Waals surface area (Å²) in [5.41, 5.74) is 1.52. The maximum Gasteiger partial charge on any atom is 0.190 e. The van der Waals surface area contributed by atoms with Gasteiger partial charge in [0.2, 0.25) is 0 Å². The van der Waals surface area contributed by atoms with Gasteiger partial charge in [-0.2, -0.15) is 0 Å². The van der Waals surface area contributed by atoms with Crippen molar-refractivity contribution in [1.82, 2.24) is 0 Å². The quantitative estimate of drug-likeness (QED) is 0.495. The number of nitrogens with zero attached hydrogens (tertiary/aromatic N) is 2. The van der Waals surface area contributed by atoms with Crippen molar-refractivity contribution in [2.75, 3.05) is 6.54 Å². The molecule has 0 saturated carbocycles. The summed E-state index contributed by atoms with van der Waals surface area (Å²) in [5, 5.41) is 4.17. The fourth-order valence-electron chi connectivity index (χ4n) is 1.31. The first-order valence-electron chi connectivity index (χ1n) is 5.11. The second-order valence-corrected chi connectivity index (χ2v) is 2.30. The second-order valence-electron chi connectivity index (χ2n) is 2.30. The first-order valence-corrected chi connectivity index (χ1v) is 5.11. The third-order valence-electron chi connectivity index (χ3n) is 1.75. The molecular formula is C10H21N2+. The highest BCUT2D eigenvalue weighted by atomic mass is 15.4. The smallest absolute Gasteiger partial charge is 0.0924 e. The summed E-state index contributed by atoms with van der Waals surface area (Å²) in [6, 6.07) is 0. The Balaban J connectivity index is 0.000000269. The number of hydrogen-bond donors (Lipinski definition) is 0. The molecule has 0 bridgehead atoms. The fraction of sp³-hybridized carbons (Fsp3) is 0.800. The molecule has 2 rings (SSSR count). The highest BCUT2D eigenvalue weighted by molar-refractivity contribution is 5.94. The van der Waals surface area contributed by atoms with Crippen LogP contribution in [0.25, 0.3) is 0 Å². The highest BCUT2D eigenvalue weighted by Crippen LogP contribution is 2.10. The molecule has 0 fully saturated rings. The van der Waals surface area contributed by atoms with Crippen LogP contribution >= 0.6 is 0 Å². The zero-order valence-electron chi connectivity index (χ0n) is 8.80. The molecule has 0 aliphatic carbocycles. The first-order chi connectivity index (χ1) is 5.97. The minimum absolute atomic E-state index is 1.11. The highest BCUT2D eigenvalue weighted by Gasteiger charge is 2.24. The van der Waals surface area contributed by atoms with E-state index in [1.54, 1.807) is 0 Å². The van der Waals surface area contributed by atoms with Crippen LogP contribution in [-0.2, 0) is 0 Å². The van der Waals surface area contributed by atoms with Gasteiger partial charge in [0.15, 0.2) is 12.3 Å². The predicted molar refractivity (Wildman–Crippen MR) is 55.2 cm³/mol. The molecule has 0 spiro atoms. The van der Waals surface area contributed by atoms with Crippen molar-refractivity contribution in [3.63, 3.8) is 0 Å². The van der Waals surface area contributed by atoms with Gasteiger partial charge in [0.1, 0.15) is 0 Å². The molecule has 0 aromatic carbocycles. The average molecular weight is 169 g/mol. The van der Waals surface area contributed by atoms with E-state index in [1.165, 1.54) is 18.6 Å². The lowest BCUT2D eigenvalue weighted by Gasteiger charge is -1.77. The first kappa shape index (κ1) is 11.3. The van der Waals surface area contributed by atoms with E-state index in [2.05, 4.69) is 9.79 Å². The molecule has 0 N–H and O–H groups in total. The van der Waals surface area contributed by atoms with Gasteiger partial charge in [-0.05, 0) is 5.10 Å². The molecule has 70 valence electrons. The molecule has 0 radical (unpaired) electrons. The van der Waals surface area contributed by atoms with Crippen molar-refractivity contribution >= 4 is 11.9 Å². The van der Waals surface area contributed by atoms with Crippen LogP contribution in [0, 0.1) is 0 Å². The van der Waals surface area contributed by atoms with Gasteiger partial charge >= 0.3 is 0 Å². The van der Waals surface area contributed by atoms with Crippen LogP contribution in [0.3, 0.4) is 0 Å². The van der Waals surface area contributed by atoms with Crippen molar-refractivity contribution in [1.29, 1.82) is 0 Å². The Bertz CT molecular complexity index is 169. The normalized spacial score (nSPS) is 17.7. The predicted octanol–water partition coefficient (Wildman–Crippen LogP) is 2.68. The van der Waals surface area contributed by atoms with Crippen molar-refractivity contribution in [3.8, 4) is 0 Å². The van der Waals surface area contributed by atoms with E-state index >= 15 is 0 Å². The third-order valence-corrected chi connectivity index (χ3v) is 1.75. The molecule has 2 nitrogen and oxygen atoms in total. The number of rotatable bonds is 0. The van der Waals surface area contributed by atoms with Crippen LogP contribution in [-0.4, -0.2) is 23.2 Å². The van der Waals surface area contributed by atoms with Gasteiger partial charge in [0.25, 0.3) is 0 Å². The monoisotopic (exact) mass is 169 g/mol. The number of hydrazone groups is 1. The summed E-state index contributed by atoms with van der Waals surface area (Å²) in [7, 11) is 0. The van der Waals surface area contributed by atoms with Gasteiger partial charge < -0.3 is 0 Å². The summed E-state index contributed by atoms with van der Waals surface area (Å²) in [6.07, 6.45) is 5.70. The SMILES string of the molecule is C1=N[N+]2=C(C1)CCC2.CC.CC. The molecule has 0 unspecified atom stereocenters. The Morgan fingerprint density at radius 3 is 2.50 bits per heavy atom.